The highest BCUT2D eigenvalue weighted by Gasteiger charge is 2.09. The van der Waals surface area contributed by atoms with E-state index in [0.717, 1.165) is 5.39 Å². The van der Waals surface area contributed by atoms with Gasteiger partial charge < -0.3 is 15.0 Å². The summed E-state index contributed by atoms with van der Waals surface area (Å²) in [4.78, 5) is 38.9. The minimum atomic E-state index is -0.170. The van der Waals surface area contributed by atoms with E-state index in [1.807, 2.05) is 12.1 Å². The Morgan fingerprint density at radius 2 is 1.79 bits per heavy atom. The van der Waals surface area contributed by atoms with Crippen LogP contribution in [0.2, 0.25) is 0 Å². The number of nitrogens with one attached hydrogen (secondary N) is 2. The van der Waals surface area contributed by atoms with Crippen LogP contribution in [0.1, 0.15) is 35.2 Å². The van der Waals surface area contributed by atoms with Gasteiger partial charge in [-0.25, -0.2) is 0 Å². The number of anilines is 1. The van der Waals surface area contributed by atoms with Crippen molar-refractivity contribution >= 4 is 28.3 Å². The van der Waals surface area contributed by atoms with Gasteiger partial charge in [0, 0.05) is 29.7 Å². The summed E-state index contributed by atoms with van der Waals surface area (Å²) in [5.74, 6) is 0.522. The van der Waals surface area contributed by atoms with E-state index in [0.29, 0.717) is 40.9 Å². The lowest BCUT2D eigenvalue weighted by molar-refractivity contribution is -0.116. The van der Waals surface area contributed by atoms with Crippen LogP contribution in [-0.2, 0) is 4.79 Å². The summed E-state index contributed by atoms with van der Waals surface area (Å²) in [6.07, 6.45) is 0.995. The lowest BCUT2D eigenvalue weighted by Crippen LogP contribution is -2.13. The fourth-order valence-corrected chi connectivity index (χ4v) is 2.94. The number of rotatable bonds is 7. The standard InChI is InChI=1S/C22H22N2O4/c1-14-12-16-6-9-17(13-19(16)24-22(14)27)23-21(26)5-3-4-20(25)15-7-10-18(28-2)11-8-15/h6-13H,3-5H2,1-2H3,(H,23,26)(H,24,27). The number of Topliss-reactive ketones (excluding diaryl/α,β-unsaturated/α-hetero) is 1. The average Bonchev–Trinajstić information content (AvgIpc) is 2.69. The largest absolute Gasteiger partial charge is 0.497 e. The van der Waals surface area contributed by atoms with Gasteiger partial charge in [0.15, 0.2) is 5.78 Å². The van der Waals surface area contributed by atoms with Crippen LogP contribution >= 0.6 is 0 Å². The van der Waals surface area contributed by atoms with Gasteiger partial charge in [0.05, 0.1) is 12.6 Å². The highest BCUT2D eigenvalue weighted by Crippen LogP contribution is 2.18. The van der Waals surface area contributed by atoms with Gasteiger partial charge in [0.2, 0.25) is 5.91 Å². The number of aromatic nitrogens is 1. The van der Waals surface area contributed by atoms with Crippen molar-refractivity contribution in [1.29, 1.82) is 0 Å². The first kappa shape index (κ1) is 19.4. The summed E-state index contributed by atoms with van der Waals surface area (Å²) in [6, 6.07) is 14.1. The molecule has 2 aromatic carbocycles. The van der Waals surface area contributed by atoms with Crippen molar-refractivity contribution in [2.45, 2.75) is 26.2 Å². The van der Waals surface area contributed by atoms with Crippen LogP contribution in [0.5, 0.6) is 5.75 Å². The number of ether oxygens (including phenoxy) is 1. The first-order chi connectivity index (χ1) is 13.5. The van der Waals surface area contributed by atoms with Crippen LogP contribution < -0.4 is 15.6 Å². The molecular formula is C22H22N2O4. The van der Waals surface area contributed by atoms with E-state index in [1.54, 1.807) is 50.4 Å². The molecule has 0 aliphatic heterocycles. The second kappa shape index (κ2) is 8.52. The first-order valence-electron chi connectivity index (χ1n) is 9.07. The predicted molar refractivity (Wildman–Crippen MR) is 109 cm³/mol. The van der Waals surface area contributed by atoms with E-state index in [9.17, 15) is 14.4 Å². The normalized spacial score (nSPS) is 10.6. The topological polar surface area (TPSA) is 88.3 Å². The van der Waals surface area contributed by atoms with Crippen molar-refractivity contribution in [3.05, 3.63) is 70.0 Å². The Morgan fingerprint density at radius 1 is 1.04 bits per heavy atom. The molecule has 0 spiro atoms. The summed E-state index contributed by atoms with van der Waals surface area (Å²) >= 11 is 0. The maximum Gasteiger partial charge on any atom is 0.251 e. The molecule has 0 bridgehead atoms. The minimum Gasteiger partial charge on any atom is -0.497 e. The van der Waals surface area contributed by atoms with Gasteiger partial charge in [-0.3, -0.25) is 14.4 Å². The van der Waals surface area contributed by atoms with E-state index in [4.69, 9.17) is 4.74 Å². The van der Waals surface area contributed by atoms with E-state index >= 15 is 0 Å². The number of carbonyl (C=O) groups excluding carboxylic acids is 2. The zero-order chi connectivity index (χ0) is 20.1. The van der Waals surface area contributed by atoms with Crippen LogP contribution in [0.15, 0.2) is 53.3 Å². The summed E-state index contributed by atoms with van der Waals surface area (Å²) < 4.78 is 5.07. The number of fused-ring (bicyclic) bond motifs is 1. The van der Waals surface area contributed by atoms with E-state index in [2.05, 4.69) is 10.3 Å². The van der Waals surface area contributed by atoms with Crippen LogP contribution in [0, 0.1) is 6.92 Å². The van der Waals surface area contributed by atoms with Crippen LogP contribution in [-0.4, -0.2) is 23.8 Å². The summed E-state index contributed by atoms with van der Waals surface area (Å²) in [7, 11) is 1.57. The third kappa shape index (κ3) is 4.65. The molecule has 1 amide bonds. The van der Waals surface area contributed by atoms with Crippen LogP contribution in [0.3, 0.4) is 0 Å². The minimum absolute atomic E-state index is 0.00546. The molecule has 0 unspecified atom stereocenters. The number of aromatic amines is 1. The predicted octanol–water partition coefficient (Wildman–Crippen LogP) is 3.84. The monoisotopic (exact) mass is 378 g/mol. The lowest BCUT2D eigenvalue weighted by atomic mass is 10.1. The van der Waals surface area contributed by atoms with Gasteiger partial charge in [-0.15, -0.1) is 0 Å². The molecule has 0 aliphatic rings. The molecule has 3 rings (SSSR count). The lowest BCUT2D eigenvalue weighted by Gasteiger charge is -2.07. The molecule has 0 aliphatic carbocycles. The van der Waals surface area contributed by atoms with E-state index < -0.39 is 0 Å². The molecule has 1 heterocycles. The molecule has 0 radical (unpaired) electrons. The smallest absolute Gasteiger partial charge is 0.251 e. The molecule has 28 heavy (non-hydrogen) atoms. The molecule has 0 fully saturated rings. The van der Waals surface area contributed by atoms with E-state index in [1.165, 1.54) is 0 Å². The Kier molecular flexibility index (Phi) is 5.89. The third-order valence-corrected chi connectivity index (χ3v) is 4.54. The highest BCUT2D eigenvalue weighted by atomic mass is 16.5. The SMILES string of the molecule is COc1ccc(C(=O)CCCC(=O)Nc2ccc3cc(C)c(=O)[nH]c3c2)cc1. The van der Waals surface area contributed by atoms with Crippen LogP contribution in [0.4, 0.5) is 5.69 Å². The summed E-state index contributed by atoms with van der Waals surface area (Å²) in [6.45, 7) is 1.75. The number of H-pyrrole nitrogens is 1. The Balaban J connectivity index is 1.53. The van der Waals surface area contributed by atoms with Crippen molar-refractivity contribution in [3.8, 4) is 5.75 Å². The van der Waals surface area contributed by atoms with Gasteiger partial charge in [-0.1, -0.05) is 6.07 Å². The number of amides is 1. The fourth-order valence-electron chi connectivity index (χ4n) is 2.94. The van der Waals surface area contributed by atoms with Crippen molar-refractivity contribution < 1.29 is 14.3 Å². The maximum absolute atomic E-state index is 12.2. The van der Waals surface area contributed by atoms with Crippen molar-refractivity contribution in [3.63, 3.8) is 0 Å². The number of aryl methyl sites for hydroxylation is 1. The molecule has 3 aromatic rings. The van der Waals surface area contributed by atoms with Crippen molar-refractivity contribution in [1.82, 2.24) is 4.98 Å². The Morgan fingerprint density at radius 3 is 2.50 bits per heavy atom. The number of ketones is 1. The Labute approximate surface area is 162 Å². The molecule has 0 saturated heterocycles. The fraction of sp³-hybridized carbons (Fsp3) is 0.227. The maximum atomic E-state index is 12.2. The Bertz CT molecular complexity index is 1070. The third-order valence-electron chi connectivity index (χ3n) is 4.54. The molecule has 2 N–H and O–H groups in total. The number of methoxy groups -OCH3 is 1. The molecular weight excluding hydrogens is 356 g/mol. The number of carbonyl (C=O) groups is 2. The Hall–Kier alpha value is -3.41. The molecule has 1 aromatic heterocycles. The molecule has 144 valence electrons. The quantitative estimate of drug-likeness (QED) is 0.612. The van der Waals surface area contributed by atoms with Gasteiger partial charge in [-0.2, -0.15) is 0 Å². The zero-order valence-corrected chi connectivity index (χ0v) is 15.9. The highest BCUT2D eigenvalue weighted by molar-refractivity contribution is 5.97. The van der Waals surface area contributed by atoms with E-state index in [-0.39, 0.29) is 23.7 Å². The molecule has 0 atom stereocenters. The molecule has 6 heteroatoms. The van der Waals surface area contributed by atoms with Crippen LogP contribution in [0.25, 0.3) is 10.9 Å². The van der Waals surface area contributed by atoms with Gasteiger partial charge in [-0.05, 0) is 61.2 Å². The summed E-state index contributed by atoms with van der Waals surface area (Å²) in [5, 5.41) is 3.71. The molecule has 0 saturated carbocycles. The number of hydrogen-bond acceptors (Lipinski definition) is 4. The molecule has 6 nitrogen and oxygen atoms in total. The average molecular weight is 378 g/mol. The van der Waals surface area contributed by atoms with Gasteiger partial charge >= 0.3 is 0 Å². The van der Waals surface area contributed by atoms with Crippen molar-refractivity contribution in [2.75, 3.05) is 12.4 Å². The summed E-state index contributed by atoms with van der Waals surface area (Å²) in [5.41, 5.74) is 2.38. The first-order valence-corrected chi connectivity index (χ1v) is 9.07. The number of hydrogen-bond donors (Lipinski definition) is 2. The van der Waals surface area contributed by atoms with Crippen molar-refractivity contribution in [2.24, 2.45) is 0 Å². The van der Waals surface area contributed by atoms with Gasteiger partial charge in [0.1, 0.15) is 5.75 Å². The second-order valence-electron chi connectivity index (χ2n) is 6.64. The van der Waals surface area contributed by atoms with Gasteiger partial charge in [0.25, 0.3) is 5.56 Å². The number of pyridine rings is 1. The zero-order valence-electron chi connectivity index (χ0n) is 15.9. The number of benzene rings is 2. The second-order valence-corrected chi connectivity index (χ2v) is 6.64.